The van der Waals surface area contributed by atoms with E-state index in [0.29, 0.717) is 5.92 Å². The first-order valence-corrected chi connectivity index (χ1v) is 9.50. The highest BCUT2D eigenvalue weighted by molar-refractivity contribution is 6.09. The summed E-state index contributed by atoms with van der Waals surface area (Å²) in [6.45, 7) is 11.4. The maximum absolute atomic E-state index is 2.41. The number of benzene rings is 3. The summed E-state index contributed by atoms with van der Waals surface area (Å²) in [6.07, 6.45) is 0. The number of aromatic nitrogens is 1. The summed E-state index contributed by atoms with van der Waals surface area (Å²) in [7, 11) is 0. The standard InChI is InChI=1S/C25H27N/c1-17(2)18-11-14-23-22(15-18)21-13-12-19(25(3,4)5)16-24(21)26(23)20-9-7-6-8-10-20/h6-17H,1-5H3. The molecule has 0 bridgehead atoms. The van der Waals surface area contributed by atoms with E-state index < -0.39 is 0 Å². The molecule has 1 aromatic heterocycles. The molecule has 0 fully saturated rings. The van der Waals surface area contributed by atoms with Gasteiger partial charge in [-0.15, -0.1) is 0 Å². The van der Waals surface area contributed by atoms with Gasteiger partial charge in [-0.25, -0.2) is 0 Å². The van der Waals surface area contributed by atoms with Crippen molar-refractivity contribution in [3.8, 4) is 5.69 Å². The van der Waals surface area contributed by atoms with Crippen molar-refractivity contribution in [2.24, 2.45) is 0 Å². The van der Waals surface area contributed by atoms with Gasteiger partial charge in [0.25, 0.3) is 0 Å². The number of hydrogen-bond donors (Lipinski definition) is 0. The monoisotopic (exact) mass is 341 g/mol. The summed E-state index contributed by atoms with van der Waals surface area (Å²) >= 11 is 0. The van der Waals surface area contributed by atoms with Gasteiger partial charge in [-0.1, -0.05) is 71.0 Å². The second-order valence-corrected chi connectivity index (χ2v) is 8.58. The van der Waals surface area contributed by atoms with E-state index in [1.807, 2.05) is 0 Å². The zero-order valence-corrected chi connectivity index (χ0v) is 16.4. The first-order valence-electron chi connectivity index (χ1n) is 9.50. The highest BCUT2D eigenvalue weighted by Gasteiger charge is 2.18. The van der Waals surface area contributed by atoms with Crippen LogP contribution in [0.25, 0.3) is 27.5 Å². The zero-order valence-electron chi connectivity index (χ0n) is 16.4. The molecule has 0 N–H and O–H groups in total. The Hall–Kier alpha value is -2.54. The van der Waals surface area contributed by atoms with E-state index in [1.165, 1.54) is 38.6 Å². The van der Waals surface area contributed by atoms with E-state index in [2.05, 4.69) is 106 Å². The number of fused-ring (bicyclic) bond motifs is 3. The van der Waals surface area contributed by atoms with Gasteiger partial charge in [-0.2, -0.15) is 0 Å². The summed E-state index contributed by atoms with van der Waals surface area (Å²) in [5.74, 6) is 0.531. The molecule has 0 amide bonds. The van der Waals surface area contributed by atoms with Gasteiger partial charge in [-0.3, -0.25) is 0 Å². The normalized spacial score (nSPS) is 12.4. The average molecular weight is 341 g/mol. The highest BCUT2D eigenvalue weighted by atomic mass is 15.0. The Morgan fingerprint density at radius 2 is 1.46 bits per heavy atom. The minimum Gasteiger partial charge on any atom is -0.309 e. The fourth-order valence-corrected chi connectivity index (χ4v) is 3.72. The third-order valence-electron chi connectivity index (χ3n) is 5.34. The van der Waals surface area contributed by atoms with Crippen molar-refractivity contribution >= 4 is 21.8 Å². The summed E-state index contributed by atoms with van der Waals surface area (Å²) in [4.78, 5) is 0. The molecule has 0 spiro atoms. The predicted molar refractivity (Wildman–Crippen MR) is 114 cm³/mol. The second kappa shape index (κ2) is 6.02. The van der Waals surface area contributed by atoms with Crippen LogP contribution in [0.2, 0.25) is 0 Å². The third kappa shape index (κ3) is 2.72. The van der Waals surface area contributed by atoms with E-state index in [9.17, 15) is 0 Å². The Kier molecular flexibility index (Phi) is 3.91. The van der Waals surface area contributed by atoms with Crippen LogP contribution >= 0.6 is 0 Å². The van der Waals surface area contributed by atoms with Crippen LogP contribution < -0.4 is 0 Å². The predicted octanol–water partition coefficient (Wildman–Crippen LogP) is 7.20. The molecule has 0 atom stereocenters. The Bertz CT molecular complexity index is 1080. The van der Waals surface area contributed by atoms with Crippen molar-refractivity contribution in [2.75, 3.05) is 0 Å². The van der Waals surface area contributed by atoms with Crippen LogP contribution in [0.3, 0.4) is 0 Å². The highest BCUT2D eigenvalue weighted by Crippen LogP contribution is 2.36. The molecule has 1 heteroatoms. The average Bonchev–Trinajstić information content (AvgIpc) is 2.94. The molecule has 4 rings (SSSR count). The van der Waals surface area contributed by atoms with Crippen molar-refractivity contribution in [2.45, 2.75) is 46.0 Å². The minimum absolute atomic E-state index is 0.134. The summed E-state index contributed by atoms with van der Waals surface area (Å²) in [6, 6.07) is 24.6. The van der Waals surface area contributed by atoms with Crippen molar-refractivity contribution in [3.63, 3.8) is 0 Å². The molecule has 0 saturated carbocycles. The van der Waals surface area contributed by atoms with Crippen LogP contribution in [0, 0.1) is 0 Å². The van der Waals surface area contributed by atoms with Crippen molar-refractivity contribution < 1.29 is 0 Å². The molecule has 0 radical (unpaired) electrons. The lowest BCUT2D eigenvalue weighted by molar-refractivity contribution is 0.591. The Morgan fingerprint density at radius 1 is 0.731 bits per heavy atom. The van der Waals surface area contributed by atoms with Gasteiger partial charge in [0.1, 0.15) is 0 Å². The Labute approximate surface area is 156 Å². The molecule has 1 nitrogen and oxygen atoms in total. The maximum Gasteiger partial charge on any atom is 0.0544 e. The molecular formula is C25H27N. The van der Waals surface area contributed by atoms with Crippen LogP contribution in [0.15, 0.2) is 66.7 Å². The lowest BCUT2D eigenvalue weighted by atomic mass is 9.86. The van der Waals surface area contributed by atoms with E-state index >= 15 is 0 Å². The molecule has 0 aliphatic carbocycles. The van der Waals surface area contributed by atoms with Gasteiger partial charge >= 0.3 is 0 Å². The van der Waals surface area contributed by atoms with E-state index in [0.717, 1.165) is 0 Å². The molecular weight excluding hydrogens is 314 g/mol. The molecule has 4 aromatic rings. The summed E-state index contributed by atoms with van der Waals surface area (Å²) in [5.41, 5.74) is 6.69. The smallest absolute Gasteiger partial charge is 0.0544 e. The molecule has 132 valence electrons. The fourth-order valence-electron chi connectivity index (χ4n) is 3.72. The van der Waals surface area contributed by atoms with Gasteiger partial charge < -0.3 is 4.57 Å². The maximum atomic E-state index is 2.41. The number of hydrogen-bond acceptors (Lipinski definition) is 0. The van der Waals surface area contributed by atoms with Crippen LogP contribution in [0.4, 0.5) is 0 Å². The number of rotatable bonds is 2. The van der Waals surface area contributed by atoms with Gasteiger partial charge in [0.2, 0.25) is 0 Å². The molecule has 0 aliphatic rings. The van der Waals surface area contributed by atoms with Crippen molar-refractivity contribution in [1.29, 1.82) is 0 Å². The van der Waals surface area contributed by atoms with Crippen LogP contribution in [0.1, 0.15) is 51.7 Å². The van der Waals surface area contributed by atoms with E-state index in [-0.39, 0.29) is 5.41 Å². The zero-order chi connectivity index (χ0) is 18.5. The van der Waals surface area contributed by atoms with Gasteiger partial charge in [0.15, 0.2) is 0 Å². The molecule has 1 heterocycles. The second-order valence-electron chi connectivity index (χ2n) is 8.58. The minimum atomic E-state index is 0.134. The molecule has 26 heavy (non-hydrogen) atoms. The largest absolute Gasteiger partial charge is 0.309 e. The van der Waals surface area contributed by atoms with Crippen LogP contribution in [0.5, 0.6) is 0 Å². The van der Waals surface area contributed by atoms with Crippen molar-refractivity contribution in [3.05, 3.63) is 77.9 Å². The lowest BCUT2D eigenvalue weighted by Gasteiger charge is -2.19. The lowest BCUT2D eigenvalue weighted by Crippen LogP contribution is -2.10. The Morgan fingerprint density at radius 3 is 2.12 bits per heavy atom. The van der Waals surface area contributed by atoms with Crippen LogP contribution in [-0.4, -0.2) is 4.57 Å². The van der Waals surface area contributed by atoms with Crippen molar-refractivity contribution in [1.82, 2.24) is 4.57 Å². The fraction of sp³-hybridized carbons (Fsp3) is 0.280. The molecule has 0 saturated heterocycles. The SMILES string of the molecule is CC(C)c1ccc2c(c1)c1ccc(C(C)(C)C)cc1n2-c1ccccc1. The Balaban J connectivity index is 2.13. The quantitative estimate of drug-likeness (QED) is 0.363. The van der Waals surface area contributed by atoms with E-state index in [1.54, 1.807) is 0 Å². The van der Waals surface area contributed by atoms with Crippen LogP contribution in [-0.2, 0) is 5.41 Å². The molecule has 0 aliphatic heterocycles. The first-order chi connectivity index (χ1) is 12.4. The first kappa shape index (κ1) is 16.9. The molecule has 3 aromatic carbocycles. The van der Waals surface area contributed by atoms with Gasteiger partial charge in [0.05, 0.1) is 11.0 Å². The summed E-state index contributed by atoms with van der Waals surface area (Å²) in [5, 5.41) is 2.68. The van der Waals surface area contributed by atoms with E-state index in [4.69, 9.17) is 0 Å². The number of nitrogens with zero attached hydrogens (tertiary/aromatic N) is 1. The molecule has 0 unspecified atom stereocenters. The topological polar surface area (TPSA) is 4.93 Å². The third-order valence-corrected chi connectivity index (χ3v) is 5.34. The number of para-hydroxylation sites is 1. The van der Waals surface area contributed by atoms with Gasteiger partial charge in [0, 0.05) is 16.5 Å². The van der Waals surface area contributed by atoms with Gasteiger partial charge in [-0.05, 0) is 52.8 Å². The summed E-state index contributed by atoms with van der Waals surface area (Å²) < 4.78 is 2.41.